The minimum absolute atomic E-state index is 0.159. The molecular formula is C23H42O3Si4. The number of esters is 1. The molecule has 3 nitrogen and oxygen atoms in total. The lowest BCUT2D eigenvalue weighted by molar-refractivity contribution is -0.148. The van der Waals surface area contributed by atoms with Gasteiger partial charge in [0.05, 0.1) is 19.4 Å². The summed E-state index contributed by atoms with van der Waals surface area (Å²) in [5, 5.41) is -0.588. The van der Waals surface area contributed by atoms with E-state index in [9.17, 15) is 4.79 Å². The van der Waals surface area contributed by atoms with Gasteiger partial charge in [0.15, 0.2) is 8.32 Å². The first-order chi connectivity index (χ1) is 13.6. The van der Waals surface area contributed by atoms with E-state index in [2.05, 4.69) is 108 Å². The first kappa shape index (κ1) is 25.5. The Hall–Kier alpha value is -0.742. The summed E-state index contributed by atoms with van der Waals surface area (Å²) in [6.45, 7) is 24.4. The molecule has 0 amide bonds. The molecule has 0 radical (unpaired) electrons. The molecule has 30 heavy (non-hydrogen) atoms. The monoisotopic (exact) mass is 478 g/mol. The number of benzene rings is 1. The highest BCUT2D eigenvalue weighted by atomic mass is 29.6. The predicted octanol–water partition coefficient (Wildman–Crippen LogP) is 6.30. The zero-order valence-electron chi connectivity index (χ0n) is 20.9. The Balaban J connectivity index is 3.17. The Bertz CT molecular complexity index is 773. The van der Waals surface area contributed by atoms with E-state index in [1.54, 1.807) is 0 Å². The Morgan fingerprint density at radius 1 is 0.900 bits per heavy atom. The van der Waals surface area contributed by atoms with Gasteiger partial charge < -0.3 is 9.16 Å². The van der Waals surface area contributed by atoms with Crippen molar-refractivity contribution in [2.24, 2.45) is 5.92 Å². The molecule has 3 atom stereocenters. The molecule has 0 fully saturated rings. The summed E-state index contributed by atoms with van der Waals surface area (Å²) >= 11 is 0. The van der Waals surface area contributed by atoms with E-state index in [-0.39, 0.29) is 5.97 Å². The Kier molecular flexibility index (Phi) is 7.07. The molecule has 1 aliphatic rings. The van der Waals surface area contributed by atoms with Gasteiger partial charge in [0.1, 0.15) is 5.92 Å². The molecule has 0 spiro atoms. The Labute approximate surface area is 188 Å². The van der Waals surface area contributed by atoms with Gasteiger partial charge in [-0.25, -0.2) is 0 Å². The molecular weight excluding hydrogens is 437 g/mol. The Morgan fingerprint density at radius 2 is 1.40 bits per heavy atom. The van der Waals surface area contributed by atoms with Crippen molar-refractivity contribution in [2.75, 3.05) is 7.11 Å². The van der Waals surface area contributed by atoms with Crippen LogP contribution in [0.2, 0.25) is 64.5 Å². The van der Waals surface area contributed by atoms with Crippen molar-refractivity contribution in [1.29, 1.82) is 0 Å². The second-order valence-electron chi connectivity index (χ2n) is 11.8. The predicted molar refractivity (Wildman–Crippen MR) is 139 cm³/mol. The smallest absolute Gasteiger partial charge is 0.315 e. The molecule has 0 saturated carbocycles. The third-order valence-corrected chi connectivity index (χ3v) is 48.7. The molecule has 0 N–H and O–H groups in total. The van der Waals surface area contributed by atoms with Gasteiger partial charge in [-0.2, -0.15) is 0 Å². The van der Waals surface area contributed by atoms with Crippen molar-refractivity contribution in [3.63, 3.8) is 0 Å². The number of hydrogen-bond acceptors (Lipinski definition) is 3. The number of methoxy groups -OCH3 is 1. The van der Waals surface area contributed by atoms with Crippen molar-refractivity contribution in [2.45, 2.75) is 76.6 Å². The number of hydrogen-bond donors (Lipinski definition) is 0. The van der Waals surface area contributed by atoms with E-state index in [1.807, 2.05) is 0 Å². The van der Waals surface area contributed by atoms with Crippen LogP contribution in [0.5, 0.6) is 0 Å². The van der Waals surface area contributed by atoms with E-state index >= 15 is 0 Å². The highest BCUT2D eigenvalue weighted by Crippen LogP contribution is 2.59. The fourth-order valence-electron chi connectivity index (χ4n) is 6.90. The van der Waals surface area contributed by atoms with Gasteiger partial charge in [0, 0.05) is 15.2 Å². The van der Waals surface area contributed by atoms with Gasteiger partial charge in [-0.05, 0) is 30.7 Å². The normalized spacial score (nSPS) is 27.0. The molecule has 0 aromatic heterocycles. The maximum atomic E-state index is 13.4. The zero-order chi connectivity index (χ0) is 23.2. The van der Waals surface area contributed by atoms with Crippen molar-refractivity contribution in [1.82, 2.24) is 0 Å². The van der Waals surface area contributed by atoms with E-state index < -0.39 is 41.8 Å². The van der Waals surface area contributed by atoms with E-state index in [1.165, 1.54) is 12.7 Å². The van der Waals surface area contributed by atoms with Gasteiger partial charge in [-0.3, -0.25) is 4.79 Å². The third kappa shape index (κ3) is 3.92. The van der Waals surface area contributed by atoms with E-state index in [0.29, 0.717) is 5.54 Å². The SMILES string of the molecule is COC(=O)[C@@H]1C=C[C@H](C)[Si]([Si](C)(C)C)([Si](C)(C)C)[C@]1(O[Si](C)(C)C)c1ccccc1. The summed E-state index contributed by atoms with van der Waals surface area (Å²) in [7, 11) is -6.35. The molecule has 2 rings (SSSR count). The molecule has 0 aliphatic carbocycles. The highest BCUT2D eigenvalue weighted by Gasteiger charge is 2.74. The topological polar surface area (TPSA) is 35.5 Å². The van der Waals surface area contributed by atoms with Crippen LogP contribution in [-0.4, -0.2) is 43.7 Å². The Morgan fingerprint density at radius 3 is 1.80 bits per heavy atom. The van der Waals surface area contributed by atoms with Crippen LogP contribution >= 0.6 is 0 Å². The molecule has 1 heterocycles. The van der Waals surface area contributed by atoms with Crippen molar-refractivity contribution < 1.29 is 14.0 Å². The first-order valence-electron chi connectivity index (χ1n) is 11.1. The fourth-order valence-corrected chi connectivity index (χ4v) is 64.5. The average molecular weight is 479 g/mol. The maximum Gasteiger partial charge on any atom is 0.315 e. The first-order valence-corrected chi connectivity index (χ1v) is 25.6. The summed E-state index contributed by atoms with van der Waals surface area (Å²) < 4.78 is 12.9. The number of carbonyl (C=O) groups excluding carboxylic acids is 1. The van der Waals surface area contributed by atoms with Gasteiger partial charge in [-0.1, -0.05) is 88.7 Å². The summed E-state index contributed by atoms with van der Waals surface area (Å²) in [6, 6.07) is 10.7. The van der Waals surface area contributed by atoms with Crippen LogP contribution in [0, 0.1) is 5.92 Å². The van der Waals surface area contributed by atoms with Crippen LogP contribution in [0.3, 0.4) is 0 Å². The van der Waals surface area contributed by atoms with Crippen LogP contribution in [0.15, 0.2) is 42.5 Å². The van der Waals surface area contributed by atoms with E-state index in [4.69, 9.17) is 9.16 Å². The van der Waals surface area contributed by atoms with E-state index in [0.717, 1.165) is 0 Å². The molecule has 1 aromatic carbocycles. The molecule has 7 heteroatoms. The van der Waals surface area contributed by atoms with Crippen molar-refractivity contribution >= 4 is 36.6 Å². The second-order valence-corrected chi connectivity index (χ2v) is 43.7. The highest BCUT2D eigenvalue weighted by molar-refractivity contribution is 7.70. The van der Waals surface area contributed by atoms with Crippen LogP contribution in [0.4, 0.5) is 0 Å². The summed E-state index contributed by atoms with van der Waals surface area (Å²) in [5.41, 5.74) is 1.64. The van der Waals surface area contributed by atoms with Crippen LogP contribution in [0.1, 0.15) is 12.5 Å². The van der Waals surface area contributed by atoms with Crippen LogP contribution < -0.4 is 0 Å². The quantitative estimate of drug-likeness (QED) is 0.273. The summed E-state index contributed by atoms with van der Waals surface area (Å²) in [4.78, 5) is 13.4. The molecule has 0 unspecified atom stereocenters. The maximum absolute atomic E-state index is 13.4. The van der Waals surface area contributed by atoms with Crippen molar-refractivity contribution in [3.05, 3.63) is 48.0 Å². The molecule has 1 aliphatic heterocycles. The van der Waals surface area contributed by atoms with Gasteiger partial charge in [-0.15, -0.1) is 0 Å². The molecule has 168 valence electrons. The number of rotatable bonds is 6. The lowest BCUT2D eigenvalue weighted by atomic mass is 9.93. The zero-order valence-corrected chi connectivity index (χ0v) is 24.9. The lowest BCUT2D eigenvalue weighted by Gasteiger charge is -2.67. The minimum Gasteiger partial charge on any atom is -0.468 e. The summed E-state index contributed by atoms with van der Waals surface area (Å²) in [6.07, 6.45) is 4.47. The molecule has 1 aromatic rings. The fraction of sp³-hybridized carbons (Fsp3) is 0.609. The summed E-state index contributed by atoms with van der Waals surface area (Å²) in [5.74, 6) is -0.549. The second kappa shape index (κ2) is 8.31. The lowest BCUT2D eigenvalue weighted by Crippen LogP contribution is -2.86. The number of carbonyl (C=O) groups is 1. The minimum atomic E-state index is -2.26. The number of ether oxygens (including phenoxy) is 1. The number of allylic oxidation sites excluding steroid dienone is 1. The van der Waals surface area contributed by atoms with Crippen LogP contribution in [-0.2, 0) is 19.2 Å². The average Bonchev–Trinajstić information content (AvgIpc) is 2.58. The van der Waals surface area contributed by atoms with Crippen molar-refractivity contribution in [3.8, 4) is 0 Å². The largest absolute Gasteiger partial charge is 0.468 e. The molecule has 0 saturated heterocycles. The van der Waals surface area contributed by atoms with Gasteiger partial charge in [0.25, 0.3) is 0 Å². The van der Waals surface area contributed by atoms with Gasteiger partial charge in [0.2, 0.25) is 0 Å². The van der Waals surface area contributed by atoms with Gasteiger partial charge >= 0.3 is 5.97 Å². The van der Waals surface area contributed by atoms with Crippen LogP contribution in [0.25, 0.3) is 0 Å². The standard InChI is InChI=1S/C23H42O3Si4/c1-19-17-18-21(22(24)25-2)23(26-27(3,4)5,20-15-13-12-14-16-20)30(19,28(6,7)8)29(9,10)11/h12-19,21H,1-11H3/t19-,21-,23+/m0/s1. The third-order valence-electron chi connectivity index (χ3n) is 6.79. The molecule has 0 bridgehead atoms.